The van der Waals surface area contributed by atoms with Crippen molar-refractivity contribution in [1.82, 2.24) is 10.3 Å². The van der Waals surface area contributed by atoms with Crippen molar-refractivity contribution in [2.45, 2.75) is 26.3 Å². The van der Waals surface area contributed by atoms with Crippen molar-refractivity contribution >= 4 is 21.6 Å². The Kier molecular flexibility index (Phi) is 5.97. The molecule has 1 atom stereocenters. The van der Waals surface area contributed by atoms with Crippen molar-refractivity contribution < 1.29 is 17.9 Å². The van der Waals surface area contributed by atoms with Crippen LogP contribution in [0.1, 0.15) is 30.6 Å². The Balaban J connectivity index is 2.00. The van der Waals surface area contributed by atoms with Gasteiger partial charge in [-0.15, -0.1) is 0 Å². The highest BCUT2D eigenvalue weighted by molar-refractivity contribution is 7.92. The van der Waals surface area contributed by atoms with Crippen molar-refractivity contribution in [1.29, 1.82) is 0 Å². The van der Waals surface area contributed by atoms with Crippen LogP contribution in [-0.2, 0) is 10.0 Å². The van der Waals surface area contributed by atoms with Gasteiger partial charge < -0.3 is 10.1 Å². The van der Waals surface area contributed by atoms with Crippen molar-refractivity contribution in [3.63, 3.8) is 0 Å². The Hall–Kier alpha value is -2.61. The van der Waals surface area contributed by atoms with E-state index in [9.17, 15) is 13.2 Å². The molecular weight excluding hydrogens is 342 g/mol. The summed E-state index contributed by atoms with van der Waals surface area (Å²) in [6.07, 6.45) is 3.39. The standard InChI is InChI=1S/C17H21N3O4S/c1-4-12(2)19-17(21)13-5-10-16(18-11-13)24-15-8-6-14(7-9-15)20-25(3,22)23/h5-12,20H,4H2,1-3H3,(H,19,21). The number of aromatic nitrogens is 1. The lowest BCUT2D eigenvalue weighted by atomic mass is 10.2. The molecule has 1 heterocycles. The summed E-state index contributed by atoms with van der Waals surface area (Å²) in [7, 11) is -3.31. The zero-order chi connectivity index (χ0) is 18.4. The van der Waals surface area contributed by atoms with E-state index in [1.165, 1.54) is 6.20 Å². The molecule has 0 spiro atoms. The lowest BCUT2D eigenvalue weighted by Gasteiger charge is -2.11. The molecule has 0 bridgehead atoms. The fraction of sp³-hybridized carbons (Fsp3) is 0.294. The molecule has 7 nitrogen and oxygen atoms in total. The molecule has 0 aliphatic heterocycles. The zero-order valence-electron chi connectivity index (χ0n) is 14.3. The van der Waals surface area contributed by atoms with Crippen molar-refractivity contribution in [2.75, 3.05) is 11.0 Å². The molecular formula is C17H21N3O4S. The van der Waals surface area contributed by atoms with Crippen molar-refractivity contribution in [3.05, 3.63) is 48.2 Å². The van der Waals surface area contributed by atoms with Gasteiger partial charge in [0.05, 0.1) is 11.8 Å². The number of carbonyl (C=O) groups excluding carboxylic acids is 1. The highest BCUT2D eigenvalue weighted by atomic mass is 32.2. The van der Waals surface area contributed by atoms with Gasteiger partial charge in [-0.05, 0) is 43.7 Å². The molecule has 1 amide bonds. The molecule has 0 saturated heterocycles. The summed E-state index contributed by atoms with van der Waals surface area (Å²) in [5.74, 6) is 0.664. The van der Waals surface area contributed by atoms with E-state index in [1.807, 2.05) is 13.8 Å². The normalized spacial score (nSPS) is 12.3. The number of benzene rings is 1. The number of rotatable bonds is 7. The maximum absolute atomic E-state index is 12.0. The van der Waals surface area contributed by atoms with Crippen molar-refractivity contribution in [3.8, 4) is 11.6 Å². The molecule has 0 fully saturated rings. The molecule has 0 saturated carbocycles. The fourth-order valence-electron chi connectivity index (χ4n) is 1.91. The van der Waals surface area contributed by atoms with Gasteiger partial charge >= 0.3 is 0 Å². The Morgan fingerprint density at radius 1 is 1.20 bits per heavy atom. The number of sulfonamides is 1. The molecule has 0 aliphatic carbocycles. The third-order valence-corrected chi connectivity index (χ3v) is 3.97. The monoisotopic (exact) mass is 363 g/mol. The van der Waals surface area contributed by atoms with Gasteiger partial charge in [0.2, 0.25) is 15.9 Å². The average Bonchev–Trinajstić information content (AvgIpc) is 2.56. The molecule has 2 aromatic rings. The fourth-order valence-corrected chi connectivity index (χ4v) is 2.47. The first-order chi connectivity index (χ1) is 11.8. The van der Waals surface area contributed by atoms with Gasteiger partial charge in [-0.1, -0.05) is 6.92 Å². The largest absolute Gasteiger partial charge is 0.439 e. The number of hydrogen-bond donors (Lipinski definition) is 2. The number of hydrogen-bond acceptors (Lipinski definition) is 5. The smallest absolute Gasteiger partial charge is 0.253 e. The van der Waals surface area contributed by atoms with Crippen LogP contribution in [0.15, 0.2) is 42.6 Å². The molecule has 25 heavy (non-hydrogen) atoms. The van der Waals surface area contributed by atoms with E-state index in [-0.39, 0.29) is 11.9 Å². The van der Waals surface area contributed by atoms with Crippen LogP contribution >= 0.6 is 0 Å². The van der Waals surface area contributed by atoms with E-state index in [0.29, 0.717) is 22.9 Å². The van der Waals surface area contributed by atoms with Crippen LogP contribution in [0.3, 0.4) is 0 Å². The minimum absolute atomic E-state index is 0.0995. The maximum Gasteiger partial charge on any atom is 0.253 e. The molecule has 1 aromatic heterocycles. The first kappa shape index (κ1) is 18.7. The van der Waals surface area contributed by atoms with Crippen LogP contribution in [0.4, 0.5) is 5.69 Å². The first-order valence-corrected chi connectivity index (χ1v) is 9.68. The number of nitrogens with one attached hydrogen (secondary N) is 2. The van der Waals surface area contributed by atoms with Gasteiger partial charge in [0, 0.05) is 24.0 Å². The van der Waals surface area contributed by atoms with E-state index >= 15 is 0 Å². The summed E-state index contributed by atoms with van der Waals surface area (Å²) in [6, 6.07) is 9.77. The topological polar surface area (TPSA) is 97.4 Å². The van der Waals surface area contributed by atoms with E-state index in [1.54, 1.807) is 36.4 Å². The molecule has 134 valence electrons. The van der Waals surface area contributed by atoms with E-state index in [0.717, 1.165) is 12.7 Å². The molecule has 1 aromatic carbocycles. The molecule has 8 heteroatoms. The minimum atomic E-state index is -3.31. The number of anilines is 1. The Labute approximate surface area is 147 Å². The van der Waals surface area contributed by atoms with Gasteiger partial charge in [-0.3, -0.25) is 9.52 Å². The number of pyridine rings is 1. The zero-order valence-corrected chi connectivity index (χ0v) is 15.1. The van der Waals surface area contributed by atoms with Crippen LogP contribution in [0.5, 0.6) is 11.6 Å². The van der Waals surface area contributed by atoms with Crippen LogP contribution in [0.25, 0.3) is 0 Å². The van der Waals surface area contributed by atoms with Crippen LogP contribution in [0, 0.1) is 0 Å². The third kappa shape index (κ3) is 6.07. The number of carbonyl (C=O) groups is 1. The molecule has 0 radical (unpaired) electrons. The van der Waals surface area contributed by atoms with Crippen LogP contribution < -0.4 is 14.8 Å². The highest BCUT2D eigenvalue weighted by Gasteiger charge is 2.09. The second-order valence-corrected chi connectivity index (χ2v) is 7.42. The second-order valence-electron chi connectivity index (χ2n) is 5.67. The summed E-state index contributed by atoms with van der Waals surface area (Å²) >= 11 is 0. The summed E-state index contributed by atoms with van der Waals surface area (Å²) in [6.45, 7) is 3.93. The molecule has 2 rings (SSSR count). The van der Waals surface area contributed by atoms with Crippen LogP contribution in [-0.4, -0.2) is 31.6 Å². The third-order valence-electron chi connectivity index (χ3n) is 3.37. The minimum Gasteiger partial charge on any atom is -0.439 e. The molecule has 1 unspecified atom stereocenters. The summed E-state index contributed by atoms with van der Waals surface area (Å²) in [4.78, 5) is 16.1. The Morgan fingerprint density at radius 2 is 1.88 bits per heavy atom. The van der Waals surface area contributed by atoms with Gasteiger partial charge in [-0.25, -0.2) is 13.4 Å². The quantitative estimate of drug-likeness (QED) is 0.788. The first-order valence-electron chi connectivity index (χ1n) is 7.79. The SMILES string of the molecule is CCC(C)NC(=O)c1ccc(Oc2ccc(NS(C)(=O)=O)cc2)nc1. The number of ether oxygens (including phenoxy) is 1. The second kappa shape index (κ2) is 7.98. The van der Waals surface area contributed by atoms with Crippen molar-refractivity contribution in [2.24, 2.45) is 0 Å². The van der Waals surface area contributed by atoms with Gasteiger partial charge in [0.25, 0.3) is 5.91 Å². The van der Waals surface area contributed by atoms with Gasteiger partial charge in [0.15, 0.2) is 0 Å². The summed E-state index contributed by atoms with van der Waals surface area (Å²) in [5, 5.41) is 2.86. The summed E-state index contributed by atoms with van der Waals surface area (Å²) < 4.78 is 30.3. The van der Waals surface area contributed by atoms with Gasteiger partial charge in [-0.2, -0.15) is 0 Å². The number of nitrogens with zero attached hydrogens (tertiary/aromatic N) is 1. The maximum atomic E-state index is 12.0. The average molecular weight is 363 g/mol. The summed E-state index contributed by atoms with van der Waals surface area (Å²) in [5.41, 5.74) is 0.903. The predicted octanol–water partition coefficient (Wildman–Crippen LogP) is 2.77. The Bertz CT molecular complexity index is 818. The molecule has 0 aliphatic rings. The Morgan fingerprint density at radius 3 is 2.40 bits per heavy atom. The van der Waals surface area contributed by atoms with E-state index in [2.05, 4.69) is 15.0 Å². The predicted molar refractivity (Wildman–Crippen MR) is 96.4 cm³/mol. The lowest BCUT2D eigenvalue weighted by Crippen LogP contribution is -2.31. The number of amides is 1. The lowest BCUT2D eigenvalue weighted by molar-refractivity contribution is 0.0939. The van der Waals surface area contributed by atoms with Gasteiger partial charge in [0.1, 0.15) is 5.75 Å². The van der Waals surface area contributed by atoms with E-state index in [4.69, 9.17) is 4.74 Å². The highest BCUT2D eigenvalue weighted by Crippen LogP contribution is 2.22. The van der Waals surface area contributed by atoms with E-state index < -0.39 is 10.0 Å². The van der Waals surface area contributed by atoms with Crippen LogP contribution in [0.2, 0.25) is 0 Å². The molecule has 2 N–H and O–H groups in total.